The summed E-state index contributed by atoms with van der Waals surface area (Å²) >= 11 is 0. The molecule has 0 heterocycles. The first-order valence-corrected chi connectivity index (χ1v) is 6.52. The van der Waals surface area contributed by atoms with Gasteiger partial charge in [-0.15, -0.1) is 0 Å². The van der Waals surface area contributed by atoms with E-state index >= 15 is 0 Å². The average Bonchev–Trinajstić information content (AvgIpc) is 3.08. The number of hydrogen-bond acceptors (Lipinski definition) is 1. The number of alkyl halides is 3. The topological polar surface area (TPSA) is 12.0 Å². The maximum Gasteiger partial charge on any atom is 0.398 e. The van der Waals surface area contributed by atoms with Gasteiger partial charge in [0.25, 0.3) is 0 Å². The zero-order valence-corrected chi connectivity index (χ0v) is 10.7. The number of likely N-dealkylation sites (N-methyl/N-ethyl adjacent to an activating group) is 1. The van der Waals surface area contributed by atoms with Crippen LogP contribution in [-0.4, -0.2) is 19.3 Å². The van der Waals surface area contributed by atoms with Gasteiger partial charge in [0.1, 0.15) is 0 Å². The molecule has 0 bridgehead atoms. The van der Waals surface area contributed by atoms with E-state index < -0.39 is 11.6 Å². The first-order chi connectivity index (χ1) is 8.96. The Morgan fingerprint density at radius 1 is 1.26 bits per heavy atom. The predicted molar refractivity (Wildman–Crippen MR) is 68.9 cm³/mol. The van der Waals surface area contributed by atoms with Crippen molar-refractivity contribution in [1.82, 2.24) is 5.32 Å². The van der Waals surface area contributed by atoms with Crippen molar-refractivity contribution in [3.63, 3.8) is 0 Å². The summed E-state index contributed by atoms with van der Waals surface area (Å²) in [6.07, 6.45) is -0.728. The second-order valence-corrected chi connectivity index (χ2v) is 5.45. The highest BCUT2D eigenvalue weighted by atomic mass is 19.4. The Hall–Kier alpha value is -1.29. The molecular weight excluding hydrogens is 251 g/mol. The summed E-state index contributed by atoms with van der Waals surface area (Å²) < 4.78 is 39.3. The molecule has 1 fully saturated rings. The summed E-state index contributed by atoms with van der Waals surface area (Å²) in [6.45, 7) is 0. The number of hydrogen-bond donors (Lipinski definition) is 1. The zero-order valence-electron chi connectivity index (χ0n) is 10.7. The van der Waals surface area contributed by atoms with Crippen LogP contribution >= 0.6 is 0 Å². The van der Waals surface area contributed by atoms with Crippen LogP contribution in [0.15, 0.2) is 30.3 Å². The third-order valence-corrected chi connectivity index (χ3v) is 4.29. The van der Waals surface area contributed by atoms with Gasteiger partial charge in [-0.2, -0.15) is 13.2 Å². The molecule has 1 aromatic carbocycles. The van der Waals surface area contributed by atoms with Crippen molar-refractivity contribution >= 4 is 5.57 Å². The van der Waals surface area contributed by atoms with Gasteiger partial charge in [0.15, 0.2) is 0 Å². The minimum atomic E-state index is -4.13. The molecule has 1 atom stereocenters. The van der Waals surface area contributed by atoms with Crippen LogP contribution in [0.4, 0.5) is 13.2 Å². The van der Waals surface area contributed by atoms with E-state index in [0.29, 0.717) is 11.6 Å². The summed E-state index contributed by atoms with van der Waals surface area (Å²) in [4.78, 5) is 0. The van der Waals surface area contributed by atoms with Crippen molar-refractivity contribution in [3.05, 3.63) is 41.5 Å². The second kappa shape index (κ2) is 4.10. The van der Waals surface area contributed by atoms with Gasteiger partial charge in [0, 0.05) is 6.04 Å². The molecule has 0 amide bonds. The van der Waals surface area contributed by atoms with Crippen molar-refractivity contribution in [2.24, 2.45) is 0 Å². The smallest absolute Gasteiger partial charge is 0.313 e. The lowest BCUT2D eigenvalue weighted by Crippen LogP contribution is -2.30. The Labute approximate surface area is 110 Å². The lowest BCUT2D eigenvalue weighted by atomic mass is 9.85. The summed E-state index contributed by atoms with van der Waals surface area (Å²) in [6, 6.07) is 7.32. The van der Waals surface area contributed by atoms with E-state index in [1.54, 1.807) is 18.2 Å². The monoisotopic (exact) mass is 267 g/mol. The van der Waals surface area contributed by atoms with Crippen LogP contribution in [0.5, 0.6) is 0 Å². The molecule has 19 heavy (non-hydrogen) atoms. The summed E-state index contributed by atoms with van der Waals surface area (Å²) in [5.41, 5.74) is 0.917. The van der Waals surface area contributed by atoms with Crippen LogP contribution in [0, 0.1) is 0 Å². The first kappa shape index (κ1) is 12.7. The van der Waals surface area contributed by atoms with Gasteiger partial charge in [-0.05, 0) is 43.0 Å². The molecule has 0 aromatic heterocycles. The Morgan fingerprint density at radius 3 is 2.47 bits per heavy atom. The Kier molecular flexibility index (Phi) is 2.75. The van der Waals surface area contributed by atoms with Gasteiger partial charge in [0.2, 0.25) is 0 Å². The SMILES string of the molecule is CNC1C=C(c2cccc(C3(C(F)(F)F)CC3)c2)C1. The fraction of sp³-hybridized carbons (Fsp3) is 0.467. The molecular formula is C15H16F3N. The maximum absolute atomic E-state index is 13.1. The Bertz CT molecular complexity index is 526. The molecule has 0 spiro atoms. The van der Waals surface area contributed by atoms with E-state index in [-0.39, 0.29) is 12.8 Å². The highest BCUT2D eigenvalue weighted by Gasteiger charge is 2.64. The number of benzene rings is 1. The molecule has 0 aliphatic heterocycles. The van der Waals surface area contributed by atoms with Crippen LogP contribution in [-0.2, 0) is 5.41 Å². The third kappa shape index (κ3) is 1.98. The van der Waals surface area contributed by atoms with Gasteiger partial charge in [-0.25, -0.2) is 0 Å². The van der Waals surface area contributed by atoms with E-state index in [4.69, 9.17) is 0 Å². The van der Waals surface area contributed by atoms with Crippen LogP contribution in [0.1, 0.15) is 30.4 Å². The third-order valence-electron chi connectivity index (χ3n) is 4.29. The predicted octanol–water partition coefficient (Wildman–Crippen LogP) is 3.66. The lowest BCUT2D eigenvalue weighted by Gasteiger charge is -2.26. The molecule has 2 aliphatic rings. The van der Waals surface area contributed by atoms with Gasteiger partial charge >= 0.3 is 6.18 Å². The largest absolute Gasteiger partial charge is 0.398 e. The normalized spacial score (nSPS) is 24.6. The van der Waals surface area contributed by atoms with Gasteiger partial charge in [-0.3, -0.25) is 0 Å². The van der Waals surface area contributed by atoms with Crippen molar-refractivity contribution in [3.8, 4) is 0 Å². The minimum Gasteiger partial charge on any atom is -0.313 e. The molecule has 2 aliphatic carbocycles. The first-order valence-electron chi connectivity index (χ1n) is 6.52. The van der Waals surface area contributed by atoms with Crippen molar-refractivity contribution in [2.45, 2.75) is 36.9 Å². The van der Waals surface area contributed by atoms with E-state index in [0.717, 1.165) is 17.6 Å². The lowest BCUT2D eigenvalue weighted by molar-refractivity contribution is -0.160. The van der Waals surface area contributed by atoms with Gasteiger partial charge in [-0.1, -0.05) is 30.3 Å². The average molecular weight is 267 g/mol. The van der Waals surface area contributed by atoms with Gasteiger partial charge < -0.3 is 5.32 Å². The van der Waals surface area contributed by atoms with Gasteiger partial charge in [0.05, 0.1) is 5.41 Å². The number of nitrogens with one attached hydrogen (secondary N) is 1. The number of halogens is 3. The zero-order chi connectivity index (χ0) is 13.7. The maximum atomic E-state index is 13.1. The van der Waals surface area contributed by atoms with E-state index in [1.807, 2.05) is 13.1 Å². The Balaban J connectivity index is 1.90. The van der Waals surface area contributed by atoms with Crippen molar-refractivity contribution in [2.75, 3.05) is 7.05 Å². The van der Waals surface area contributed by atoms with Crippen LogP contribution in [0.25, 0.3) is 5.57 Å². The molecule has 0 saturated heterocycles. The molecule has 102 valence electrons. The molecule has 1 saturated carbocycles. The highest BCUT2D eigenvalue weighted by Crippen LogP contribution is 2.59. The van der Waals surface area contributed by atoms with Crippen LogP contribution in [0.3, 0.4) is 0 Å². The second-order valence-electron chi connectivity index (χ2n) is 5.45. The summed E-state index contributed by atoms with van der Waals surface area (Å²) in [5.74, 6) is 0. The molecule has 3 rings (SSSR count). The van der Waals surface area contributed by atoms with E-state index in [2.05, 4.69) is 11.4 Å². The summed E-state index contributed by atoms with van der Waals surface area (Å²) in [7, 11) is 1.89. The minimum absolute atomic E-state index is 0.220. The standard InChI is InChI=1S/C15H16F3N/c1-19-13-8-11(9-13)10-3-2-4-12(7-10)14(5-6-14)15(16,17)18/h2-4,7-8,13,19H,5-6,9H2,1H3. The fourth-order valence-electron chi connectivity index (χ4n) is 2.72. The molecule has 1 aromatic rings. The highest BCUT2D eigenvalue weighted by molar-refractivity contribution is 5.72. The van der Waals surface area contributed by atoms with Crippen LogP contribution < -0.4 is 5.32 Å². The quantitative estimate of drug-likeness (QED) is 0.881. The molecule has 1 N–H and O–H groups in total. The Morgan fingerprint density at radius 2 is 1.95 bits per heavy atom. The fourth-order valence-corrected chi connectivity index (χ4v) is 2.72. The van der Waals surface area contributed by atoms with E-state index in [1.165, 1.54) is 0 Å². The molecule has 1 nitrogen and oxygen atoms in total. The van der Waals surface area contributed by atoms with E-state index in [9.17, 15) is 13.2 Å². The van der Waals surface area contributed by atoms with Crippen LogP contribution in [0.2, 0.25) is 0 Å². The molecule has 4 heteroatoms. The van der Waals surface area contributed by atoms with Crippen molar-refractivity contribution in [1.29, 1.82) is 0 Å². The summed E-state index contributed by atoms with van der Waals surface area (Å²) in [5, 5.41) is 3.13. The molecule has 1 unspecified atom stereocenters. The molecule has 0 radical (unpaired) electrons. The van der Waals surface area contributed by atoms with Crippen molar-refractivity contribution < 1.29 is 13.2 Å². The number of rotatable bonds is 3.